The first-order valence-electron chi connectivity index (χ1n) is 13.5. The van der Waals surface area contributed by atoms with E-state index in [1.54, 1.807) is 0 Å². The molecule has 0 amide bonds. The molecule has 2 heterocycles. The van der Waals surface area contributed by atoms with Crippen LogP contribution in [0.15, 0.2) is 0 Å². The van der Waals surface area contributed by atoms with Crippen molar-refractivity contribution in [3.63, 3.8) is 0 Å². The van der Waals surface area contributed by atoms with Crippen molar-refractivity contribution >= 4 is 0 Å². The van der Waals surface area contributed by atoms with Gasteiger partial charge in [0.25, 0.3) is 0 Å². The average molecular weight is 416 g/mol. The van der Waals surface area contributed by atoms with E-state index in [4.69, 9.17) is 0 Å². The Labute approximate surface area is 184 Å². The molecular formula is C27H45NO2. The lowest BCUT2D eigenvalue weighted by Gasteiger charge is -2.56. The van der Waals surface area contributed by atoms with Crippen LogP contribution in [0.3, 0.4) is 0 Å². The fraction of sp³-hybridized carbons (Fsp3) is 1.00. The molecule has 6 rings (SSSR count). The normalized spacial score (nSPS) is 60.7. The van der Waals surface area contributed by atoms with Crippen LogP contribution in [0.2, 0.25) is 0 Å². The third-order valence-electron chi connectivity index (χ3n) is 12.0. The first kappa shape index (κ1) is 20.5. The van der Waals surface area contributed by atoms with Crippen molar-refractivity contribution in [1.82, 2.24) is 4.90 Å². The van der Waals surface area contributed by atoms with Crippen LogP contribution in [0.1, 0.15) is 78.6 Å². The summed E-state index contributed by atoms with van der Waals surface area (Å²) in [5, 5.41) is 21.5. The van der Waals surface area contributed by atoms with Crippen molar-refractivity contribution in [3.05, 3.63) is 0 Å². The molecule has 0 bridgehead atoms. The molecule has 6 fully saturated rings. The molecular weight excluding hydrogens is 370 g/mol. The highest BCUT2D eigenvalue weighted by Crippen LogP contribution is 2.67. The molecule has 13 atom stereocenters. The molecule has 0 aromatic carbocycles. The van der Waals surface area contributed by atoms with E-state index in [9.17, 15) is 10.2 Å². The lowest BCUT2D eigenvalue weighted by atomic mass is 9.51. The standard InChI is InChI=1S/C27H45NO2/c1-15-4-7-25-16(2)18-5-6-19-20(22(18)14-28(25)13-15)11-23-21(19)12-26(30)24-10-17(29)8-9-27(23,24)3/h15-26,29-30H,4-14H2,1-3H3/t15-,16-,17-,18-,19-,20-,21?,22?,23+,24-,25+,26+,27-/m1/s1. The maximum atomic E-state index is 11.2. The Kier molecular flexibility index (Phi) is 4.91. The summed E-state index contributed by atoms with van der Waals surface area (Å²) in [4.78, 5) is 2.92. The molecule has 0 radical (unpaired) electrons. The topological polar surface area (TPSA) is 43.7 Å². The molecule has 0 spiro atoms. The van der Waals surface area contributed by atoms with Crippen LogP contribution in [-0.4, -0.2) is 46.5 Å². The molecule has 30 heavy (non-hydrogen) atoms. The second kappa shape index (κ2) is 7.19. The highest BCUT2D eigenvalue weighted by Gasteiger charge is 2.62. The molecule has 2 aliphatic heterocycles. The summed E-state index contributed by atoms with van der Waals surface area (Å²) in [6.45, 7) is 10.3. The summed E-state index contributed by atoms with van der Waals surface area (Å²) < 4.78 is 0. The summed E-state index contributed by atoms with van der Waals surface area (Å²) in [6, 6.07) is 0.853. The molecule has 4 saturated carbocycles. The third kappa shape index (κ3) is 2.86. The Morgan fingerprint density at radius 2 is 1.53 bits per heavy atom. The highest BCUT2D eigenvalue weighted by atomic mass is 16.3. The van der Waals surface area contributed by atoms with Crippen LogP contribution < -0.4 is 0 Å². The minimum absolute atomic E-state index is 0.180. The minimum Gasteiger partial charge on any atom is -0.393 e. The molecule has 3 nitrogen and oxygen atoms in total. The van der Waals surface area contributed by atoms with Crippen LogP contribution in [0.4, 0.5) is 0 Å². The molecule has 6 aliphatic rings. The SMILES string of the molecule is C[C@@H]1CC[C@H]2[C@H](C)[C@H]3CC[C@H]4C5C[C@H](O)[C@H]6C[C@H](O)CC[C@]6(C)[C@H]5C[C@H]4C3CN2C1. The van der Waals surface area contributed by atoms with Crippen LogP contribution in [0.5, 0.6) is 0 Å². The molecule has 0 aromatic rings. The van der Waals surface area contributed by atoms with E-state index in [0.29, 0.717) is 5.92 Å². The van der Waals surface area contributed by atoms with Gasteiger partial charge in [-0.1, -0.05) is 20.8 Å². The highest BCUT2D eigenvalue weighted by molar-refractivity contribution is 5.12. The molecule has 2 N–H and O–H groups in total. The zero-order valence-electron chi connectivity index (χ0n) is 19.5. The summed E-state index contributed by atoms with van der Waals surface area (Å²) in [7, 11) is 0. The van der Waals surface area contributed by atoms with Gasteiger partial charge < -0.3 is 10.2 Å². The van der Waals surface area contributed by atoms with Crippen LogP contribution in [0.25, 0.3) is 0 Å². The average Bonchev–Trinajstić information content (AvgIpc) is 3.09. The Balaban J connectivity index is 1.28. The van der Waals surface area contributed by atoms with Crippen molar-refractivity contribution < 1.29 is 10.2 Å². The van der Waals surface area contributed by atoms with Gasteiger partial charge in [0.05, 0.1) is 12.2 Å². The van der Waals surface area contributed by atoms with E-state index in [1.165, 1.54) is 45.2 Å². The molecule has 2 saturated heterocycles. The quantitative estimate of drug-likeness (QED) is 0.609. The molecule has 0 aromatic heterocycles. The number of nitrogens with zero attached hydrogens (tertiary/aromatic N) is 1. The molecule has 170 valence electrons. The second-order valence-electron chi connectivity index (χ2n) is 13.1. The van der Waals surface area contributed by atoms with E-state index in [-0.39, 0.29) is 17.6 Å². The summed E-state index contributed by atoms with van der Waals surface area (Å²) in [6.07, 6.45) is 10.7. The number of hydrogen-bond acceptors (Lipinski definition) is 3. The van der Waals surface area contributed by atoms with Crippen LogP contribution >= 0.6 is 0 Å². The maximum Gasteiger partial charge on any atom is 0.0577 e. The lowest BCUT2D eigenvalue weighted by molar-refractivity contribution is -0.130. The monoisotopic (exact) mass is 415 g/mol. The van der Waals surface area contributed by atoms with Crippen molar-refractivity contribution in [2.45, 2.75) is 96.8 Å². The number of aliphatic hydroxyl groups excluding tert-OH is 2. The summed E-state index contributed by atoms with van der Waals surface area (Å²) >= 11 is 0. The van der Waals surface area contributed by atoms with Gasteiger partial charge in [-0.3, -0.25) is 4.90 Å². The van der Waals surface area contributed by atoms with Crippen molar-refractivity contribution in [1.29, 1.82) is 0 Å². The van der Waals surface area contributed by atoms with Gasteiger partial charge in [0.2, 0.25) is 0 Å². The minimum atomic E-state index is -0.181. The van der Waals surface area contributed by atoms with Gasteiger partial charge in [-0.2, -0.15) is 0 Å². The van der Waals surface area contributed by atoms with E-state index >= 15 is 0 Å². The largest absolute Gasteiger partial charge is 0.393 e. The van der Waals surface area contributed by atoms with E-state index in [2.05, 4.69) is 25.7 Å². The molecule has 4 aliphatic carbocycles. The predicted octanol–water partition coefficient (Wildman–Crippen LogP) is 4.56. The lowest BCUT2D eigenvalue weighted by Crippen LogP contribution is -2.58. The van der Waals surface area contributed by atoms with Gasteiger partial charge in [0, 0.05) is 19.1 Å². The van der Waals surface area contributed by atoms with Gasteiger partial charge in [-0.05, 0) is 116 Å². The van der Waals surface area contributed by atoms with Crippen LogP contribution in [0, 0.1) is 58.7 Å². The van der Waals surface area contributed by atoms with E-state index < -0.39 is 0 Å². The number of piperidine rings is 2. The van der Waals surface area contributed by atoms with Gasteiger partial charge in [-0.15, -0.1) is 0 Å². The Morgan fingerprint density at radius 1 is 0.733 bits per heavy atom. The Bertz CT molecular complexity index is 665. The van der Waals surface area contributed by atoms with Crippen LogP contribution in [-0.2, 0) is 0 Å². The van der Waals surface area contributed by atoms with Gasteiger partial charge in [0.1, 0.15) is 0 Å². The second-order valence-corrected chi connectivity index (χ2v) is 13.1. The zero-order valence-corrected chi connectivity index (χ0v) is 19.5. The van der Waals surface area contributed by atoms with Gasteiger partial charge >= 0.3 is 0 Å². The number of hydrogen-bond donors (Lipinski definition) is 2. The fourth-order valence-corrected chi connectivity index (χ4v) is 10.6. The number of fused-ring (bicyclic) bond motifs is 8. The Morgan fingerprint density at radius 3 is 2.37 bits per heavy atom. The number of rotatable bonds is 0. The molecule has 3 heteroatoms. The van der Waals surface area contributed by atoms with Gasteiger partial charge in [0.15, 0.2) is 0 Å². The predicted molar refractivity (Wildman–Crippen MR) is 120 cm³/mol. The number of aliphatic hydroxyl groups is 2. The van der Waals surface area contributed by atoms with Crippen molar-refractivity contribution in [2.75, 3.05) is 13.1 Å². The zero-order chi connectivity index (χ0) is 20.8. The fourth-order valence-electron chi connectivity index (χ4n) is 10.6. The van der Waals surface area contributed by atoms with E-state index in [1.807, 2.05) is 0 Å². The molecule has 2 unspecified atom stereocenters. The first-order valence-corrected chi connectivity index (χ1v) is 13.5. The van der Waals surface area contributed by atoms with Crippen molar-refractivity contribution in [3.8, 4) is 0 Å². The smallest absolute Gasteiger partial charge is 0.0577 e. The first-order chi connectivity index (χ1) is 14.4. The van der Waals surface area contributed by atoms with E-state index in [0.717, 1.165) is 79.1 Å². The third-order valence-corrected chi connectivity index (χ3v) is 12.0. The maximum absolute atomic E-state index is 11.2. The Hall–Kier alpha value is -0.120. The van der Waals surface area contributed by atoms with Crippen molar-refractivity contribution in [2.24, 2.45) is 58.7 Å². The van der Waals surface area contributed by atoms with Gasteiger partial charge in [-0.25, -0.2) is 0 Å². The summed E-state index contributed by atoms with van der Waals surface area (Å²) in [5.74, 6) is 7.22. The summed E-state index contributed by atoms with van der Waals surface area (Å²) in [5.41, 5.74) is 0.261.